The number of rotatable bonds is 7. The van der Waals surface area contributed by atoms with Gasteiger partial charge in [-0.2, -0.15) is 0 Å². The summed E-state index contributed by atoms with van der Waals surface area (Å²) >= 11 is 0. The molecule has 17 heavy (non-hydrogen) atoms. The third-order valence-electron chi connectivity index (χ3n) is 2.05. The molecule has 4 nitrogen and oxygen atoms in total. The predicted molar refractivity (Wildman–Crippen MR) is 68.5 cm³/mol. The third-order valence-corrected chi connectivity index (χ3v) is 2.05. The Balaban J connectivity index is 0. The minimum absolute atomic E-state index is 0. The van der Waals surface area contributed by atoms with Crippen molar-refractivity contribution >= 4 is 11.4 Å². The van der Waals surface area contributed by atoms with Gasteiger partial charge < -0.3 is 10.2 Å². The van der Waals surface area contributed by atoms with Crippen molar-refractivity contribution in [3.8, 4) is 0 Å². The Kier molecular flexibility index (Phi) is 12.2. The molecule has 0 aliphatic rings. The summed E-state index contributed by atoms with van der Waals surface area (Å²) in [5.41, 5.74) is 1.91. The van der Waals surface area contributed by atoms with Gasteiger partial charge in [0.1, 0.15) is 0 Å². The van der Waals surface area contributed by atoms with Crippen molar-refractivity contribution in [1.82, 2.24) is 0 Å². The van der Waals surface area contributed by atoms with E-state index < -0.39 is 0 Å². The Hall–Kier alpha value is -0.246. The van der Waals surface area contributed by atoms with Crippen LogP contribution in [0.15, 0.2) is 9.98 Å². The summed E-state index contributed by atoms with van der Waals surface area (Å²) in [4.78, 5) is 8.60. The molecule has 0 fully saturated rings. The minimum atomic E-state index is -0.329. The maximum atomic E-state index is 9.13. The molecule has 0 aromatic carbocycles. The summed E-state index contributed by atoms with van der Waals surface area (Å²) in [6, 6.07) is 0. The van der Waals surface area contributed by atoms with Crippen molar-refractivity contribution in [1.29, 1.82) is 0 Å². The number of nitrogens with zero attached hydrogens (tertiary/aromatic N) is 2. The van der Waals surface area contributed by atoms with Crippen LogP contribution in [-0.4, -0.2) is 46.9 Å². The molecule has 0 spiro atoms. The van der Waals surface area contributed by atoms with E-state index in [9.17, 15) is 0 Å². The van der Waals surface area contributed by atoms with Gasteiger partial charge in [-0.1, -0.05) is 0 Å². The summed E-state index contributed by atoms with van der Waals surface area (Å²) < 4.78 is 0. The van der Waals surface area contributed by atoms with Gasteiger partial charge in [0.05, 0.1) is 25.3 Å². The van der Waals surface area contributed by atoms with Crippen LogP contribution in [0.25, 0.3) is 0 Å². The topological polar surface area (TPSA) is 65.2 Å². The van der Waals surface area contributed by atoms with Crippen LogP contribution in [-0.2, 0) is 16.5 Å². The molecule has 104 valence electrons. The molecular weight excluding hydrogens is 263 g/mol. The summed E-state index contributed by atoms with van der Waals surface area (Å²) in [7, 11) is 0. The first-order valence-corrected chi connectivity index (χ1v) is 5.77. The molecule has 0 amide bonds. The van der Waals surface area contributed by atoms with Crippen molar-refractivity contribution in [2.24, 2.45) is 9.98 Å². The molecule has 0 saturated heterocycles. The van der Waals surface area contributed by atoms with E-state index in [1.807, 2.05) is 13.8 Å². The first-order chi connectivity index (χ1) is 7.41. The van der Waals surface area contributed by atoms with E-state index in [1.165, 1.54) is 0 Å². The van der Waals surface area contributed by atoms with E-state index in [4.69, 9.17) is 10.2 Å². The van der Waals surface area contributed by atoms with Crippen LogP contribution in [0.4, 0.5) is 0 Å². The standard InChI is InChI=1S/C12H24N2O2.Ni/c1-9(7-11(3)15)13-5-6-14-10(2)8-12(4)16;/h11-12,15-16H,5-8H2,1-4H3;. The Morgan fingerprint density at radius 1 is 0.882 bits per heavy atom. The Bertz CT molecular complexity index is 225. The molecule has 2 atom stereocenters. The van der Waals surface area contributed by atoms with Crippen molar-refractivity contribution in [2.45, 2.75) is 52.7 Å². The molecule has 0 rings (SSSR count). The van der Waals surface area contributed by atoms with E-state index in [1.54, 1.807) is 13.8 Å². The van der Waals surface area contributed by atoms with Gasteiger partial charge in [-0.05, 0) is 27.7 Å². The van der Waals surface area contributed by atoms with Crippen molar-refractivity contribution in [3.05, 3.63) is 0 Å². The molecule has 5 heteroatoms. The quantitative estimate of drug-likeness (QED) is 0.423. The van der Waals surface area contributed by atoms with Gasteiger partial charge in [0, 0.05) is 40.8 Å². The predicted octanol–water partition coefficient (Wildman–Crippen LogP) is 1.45. The fourth-order valence-corrected chi connectivity index (χ4v) is 1.47. The van der Waals surface area contributed by atoms with E-state index in [0.717, 1.165) is 11.4 Å². The van der Waals surface area contributed by atoms with Crippen LogP contribution in [0.5, 0.6) is 0 Å². The first-order valence-electron chi connectivity index (χ1n) is 5.77. The Labute approximate surface area is 114 Å². The number of hydrogen-bond donors (Lipinski definition) is 2. The molecule has 0 aliphatic carbocycles. The van der Waals surface area contributed by atoms with Gasteiger partial charge in [-0.15, -0.1) is 0 Å². The molecule has 0 heterocycles. The zero-order chi connectivity index (χ0) is 12.6. The van der Waals surface area contributed by atoms with E-state index in [2.05, 4.69) is 9.98 Å². The van der Waals surface area contributed by atoms with Crippen LogP contribution in [0, 0.1) is 0 Å². The molecule has 2 N–H and O–H groups in total. The third kappa shape index (κ3) is 13.7. The molecule has 0 bridgehead atoms. The second kappa shape index (κ2) is 10.9. The van der Waals surface area contributed by atoms with Crippen molar-refractivity contribution < 1.29 is 26.7 Å². The van der Waals surface area contributed by atoms with E-state index >= 15 is 0 Å². The van der Waals surface area contributed by atoms with E-state index in [0.29, 0.717) is 25.9 Å². The Morgan fingerprint density at radius 3 is 1.41 bits per heavy atom. The molecular formula is C12H24N2NiO2. The zero-order valence-electron chi connectivity index (χ0n) is 11.1. The van der Waals surface area contributed by atoms with Gasteiger partial charge in [0.2, 0.25) is 0 Å². The maximum Gasteiger partial charge on any atom is 0.0584 e. The average molecular weight is 287 g/mol. The van der Waals surface area contributed by atoms with E-state index in [-0.39, 0.29) is 28.7 Å². The van der Waals surface area contributed by atoms with Crippen LogP contribution in [0.1, 0.15) is 40.5 Å². The smallest absolute Gasteiger partial charge is 0.0584 e. The van der Waals surface area contributed by atoms with Gasteiger partial charge in [-0.25, -0.2) is 0 Å². The summed E-state index contributed by atoms with van der Waals surface area (Å²) in [6.07, 6.45) is 0.584. The maximum absolute atomic E-state index is 9.13. The van der Waals surface area contributed by atoms with Crippen molar-refractivity contribution in [2.75, 3.05) is 13.1 Å². The Morgan fingerprint density at radius 2 is 1.18 bits per heavy atom. The van der Waals surface area contributed by atoms with Crippen LogP contribution >= 0.6 is 0 Å². The number of hydrogen-bond acceptors (Lipinski definition) is 4. The van der Waals surface area contributed by atoms with Gasteiger partial charge >= 0.3 is 0 Å². The average Bonchev–Trinajstić information content (AvgIpc) is 2.10. The van der Waals surface area contributed by atoms with Crippen LogP contribution < -0.4 is 0 Å². The normalized spacial score (nSPS) is 16.4. The molecule has 2 unspecified atom stereocenters. The largest absolute Gasteiger partial charge is 0.393 e. The molecule has 0 radical (unpaired) electrons. The summed E-state index contributed by atoms with van der Waals surface area (Å²) in [5.74, 6) is 0. The fourth-order valence-electron chi connectivity index (χ4n) is 1.47. The fraction of sp³-hybridized carbons (Fsp3) is 0.833. The second-order valence-corrected chi connectivity index (χ2v) is 4.34. The monoisotopic (exact) mass is 286 g/mol. The van der Waals surface area contributed by atoms with Gasteiger partial charge in [0.15, 0.2) is 0 Å². The van der Waals surface area contributed by atoms with Crippen molar-refractivity contribution in [3.63, 3.8) is 0 Å². The minimum Gasteiger partial charge on any atom is -0.393 e. The SMILES string of the molecule is CC(CC(C)O)=NCCN=C(C)CC(C)O.[Ni]. The van der Waals surface area contributed by atoms with Gasteiger partial charge in [0.25, 0.3) is 0 Å². The molecule has 0 aromatic heterocycles. The molecule has 0 saturated carbocycles. The summed E-state index contributed by atoms with van der Waals surface area (Å²) in [6.45, 7) is 8.64. The van der Waals surface area contributed by atoms with Crippen LogP contribution in [0.2, 0.25) is 0 Å². The number of aliphatic hydroxyl groups is 2. The zero-order valence-corrected chi connectivity index (χ0v) is 12.1. The van der Waals surface area contributed by atoms with Crippen LogP contribution in [0.3, 0.4) is 0 Å². The first kappa shape index (κ1) is 19.1. The summed E-state index contributed by atoms with van der Waals surface area (Å²) in [5, 5.41) is 18.3. The molecule has 0 aliphatic heterocycles. The number of aliphatic imine (C=N–C) groups is 2. The molecule has 0 aromatic rings. The van der Waals surface area contributed by atoms with Gasteiger partial charge in [-0.3, -0.25) is 9.98 Å². The second-order valence-electron chi connectivity index (χ2n) is 4.34. The number of aliphatic hydroxyl groups excluding tert-OH is 2.